The number of nitrogens with two attached hydrogens (primary N) is 1. The smallest absolute Gasteiger partial charge is 0.292 e. The van der Waals surface area contributed by atoms with E-state index in [1.807, 2.05) is 13.8 Å². The predicted molar refractivity (Wildman–Crippen MR) is 66.4 cm³/mol. The largest absolute Gasteiger partial charge is 0.393 e. The molecule has 3 N–H and O–H groups in total. The van der Waals surface area contributed by atoms with E-state index >= 15 is 0 Å². The Balaban J connectivity index is 0.00000106. The summed E-state index contributed by atoms with van der Waals surface area (Å²) >= 11 is 5.76. The third-order valence-electron chi connectivity index (χ3n) is 1.74. The Kier molecular flexibility index (Phi) is 5.46. The normalized spacial score (nSPS) is 9.00. The molecule has 0 aromatic heterocycles. The van der Waals surface area contributed by atoms with Gasteiger partial charge in [0.1, 0.15) is 5.69 Å². The minimum atomic E-state index is -0.599. The van der Waals surface area contributed by atoms with Crippen molar-refractivity contribution in [3.05, 3.63) is 32.8 Å². The molecule has 1 rings (SSSR count). The molecule has 0 bridgehead atoms. The van der Waals surface area contributed by atoms with Crippen LogP contribution < -0.4 is 5.73 Å². The van der Waals surface area contributed by atoms with Crippen LogP contribution in [0, 0.1) is 15.5 Å². The summed E-state index contributed by atoms with van der Waals surface area (Å²) in [7, 11) is 0. The third-order valence-corrected chi connectivity index (χ3v) is 2.06. The zero-order valence-corrected chi connectivity index (χ0v) is 10.1. The lowest BCUT2D eigenvalue weighted by Gasteiger charge is -2.06. The number of nitro benzene ring substituents is 1. The van der Waals surface area contributed by atoms with Gasteiger partial charge in [0.2, 0.25) is 0 Å². The van der Waals surface area contributed by atoms with Gasteiger partial charge in [0.05, 0.1) is 9.95 Å². The van der Waals surface area contributed by atoms with Crippen LogP contribution in [0.25, 0.3) is 0 Å². The number of benzene rings is 1. The highest BCUT2D eigenvalue weighted by Gasteiger charge is 2.18. The Morgan fingerprint density at radius 2 is 2.00 bits per heavy atom. The van der Waals surface area contributed by atoms with Gasteiger partial charge in [-0.25, -0.2) is 0 Å². The van der Waals surface area contributed by atoms with Gasteiger partial charge in [0.25, 0.3) is 5.69 Å². The molecule has 0 fully saturated rings. The van der Waals surface area contributed by atoms with Crippen LogP contribution >= 0.6 is 11.6 Å². The topological polar surface area (TPSA) is 93.0 Å². The van der Waals surface area contributed by atoms with Gasteiger partial charge in [-0.3, -0.25) is 10.1 Å². The quantitative estimate of drug-likeness (QED) is 0.361. The zero-order chi connectivity index (χ0) is 12.9. The van der Waals surface area contributed by atoms with Crippen LogP contribution in [0.2, 0.25) is 5.02 Å². The van der Waals surface area contributed by atoms with Gasteiger partial charge >= 0.3 is 0 Å². The Morgan fingerprint density at radius 3 is 2.38 bits per heavy atom. The lowest BCUT2D eigenvalue weighted by Crippen LogP contribution is -2.04. The molecule has 0 atom stereocenters. The van der Waals surface area contributed by atoms with E-state index in [1.165, 1.54) is 19.1 Å². The molecule has 0 amide bonds. The predicted octanol–water partition coefficient (Wildman–Crippen LogP) is 3.24. The summed E-state index contributed by atoms with van der Waals surface area (Å²) in [5, 5.41) is 18.1. The second-order valence-electron chi connectivity index (χ2n) is 2.74. The van der Waals surface area contributed by atoms with E-state index in [4.69, 9.17) is 22.7 Å². The molecule has 0 radical (unpaired) electrons. The second-order valence-corrected chi connectivity index (χ2v) is 3.14. The highest BCUT2D eigenvalue weighted by Crippen LogP contribution is 2.30. The van der Waals surface area contributed by atoms with Gasteiger partial charge < -0.3 is 11.1 Å². The van der Waals surface area contributed by atoms with E-state index in [1.54, 1.807) is 0 Å². The first-order chi connectivity index (χ1) is 7.45. The fourth-order valence-electron chi connectivity index (χ4n) is 1.12. The van der Waals surface area contributed by atoms with Crippen molar-refractivity contribution in [2.75, 3.05) is 5.73 Å². The highest BCUT2D eigenvalue weighted by atomic mass is 35.5. The molecule has 0 aliphatic carbocycles. The van der Waals surface area contributed by atoms with E-state index < -0.39 is 4.92 Å². The van der Waals surface area contributed by atoms with Crippen molar-refractivity contribution in [1.29, 1.82) is 5.41 Å². The summed E-state index contributed by atoms with van der Waals surface area (Å²) in [6, 6.07) is 2.59. The summed E-state index contributed by atoms with van der Waals surface area (Å²) in [4.78, 5) is 9.92. The maximum atomic E-state index is 10.5. The van der Waals surface area contributed by atoms with Gasteiger partial charge in [-0.05, 0) is 13.0 Å². The first-order valence-electron chi connectivity index (χ1n) is 4.73. The maximum Gasteiger partial charge on any atom is 0.292 e. The summed E-state index contributed by atoms with van der Waals surface area (Å²) in [5.74, 6) is 0. The molecule has 6 heteroatoms. The van der Waals surface area contributed by atoms with Crippen molar-refractivity contribution in [3.8, 4) is 0 Å². The highest BCUT2D eigenvalue weighted by molar-refractivity contribution is 6.35. The number of anilines is 1. The molecule has 0 aliphatic heterocycles. The lowest BCUT2D eigenvalue weighted by molar-refractivity contribution is -0.383. The molecule has 0 saturated heterocycles. The van der Waals surface area contributed by atoms with E-state index in [2.05, 4.69) is 0 Å². The number of halogens is 1. The van der Waals surface area contributed by atoms with Crippen LogP contribution in [0.1, 0.15) is 26.3 Å². The van der Waals surface area contributed by atoms with Crippen molar-refractivity contribution < 1.29 is 4.92 Å². The molecule has 1 aromatic rings. The number of nitrogens with one attached hydrogen (secondary N) is 1. The number of rotatable bonds is 2. The van der Waals surface area contributed by atoms with Crippen molar-refractivity contribution >= 4 is 28.7 Å². The Morgan fingerprint density at radius 1 is 1.50 bits per heavy atom. The monoisotopic (exact) mass is 243 g/mol. The summed E-state index contributed by atoms with van der Waals surface area (Å²) < 4.78 is 0. The molecule has 0 aliphatic rings. The van der Waals surface area contributed by atoms with Crippen LogP contribution in [0.5, 0.6) is 0 Å². The lowest BCUT2D eigenvalue weighted by atomic mass is 10.1. The van der Waals surface area contributed by atoms with Crippen molar-refractivity contribution in [2.24, 2.45) is 0 Å². The Hall–Kier alpha value is -1.62. The molecular formula is C10H14ClN3O2. The molecule has 0 unspecified atom stereocenters. The minimum absolute atomic E-state index is 0.0602. The number of nitro groups is 1. The molecule has 0 saturated carbocycles. The van der Waals surface area contributed by atoms with E-state index in [0.717, 1.165) is 0 Å². The second kappa shape index (κ2) is 6.07. The Labute approximate surface area is 98.9 Å². The molecule has 16 heavy (non-hydrogen) atoms. The third kappa shape index (κ3) is 2.93. The van der Waals surface area contributed by atoms with E-state index in [9.17, 15) is 10.1 Å². The van der Waals surface area contributed by atoms with Crippen LogP contribution in [0.4, 0.5) is 11.4 Å². The summed E-state index contributed by atoms with van der Waals surface area (Å²) in [6.07, 6.45) is 0. The molecule has 0 heterocycles. The molecule has 0 spiro atoms. The summed E-state index contributed by atoms with van der Waals surface area (Å²) in [5.41, 5.74) is 5.56. The first kappa shape index (κ1) is 14.4. The molecule has 1 aromatic carbocycles. The van der Waals surface area contributed by atoms with Gasteiger partial charge in [0, 0.05) is 17.3 Å². The fourth-order valence-corrected chi connectivity index (χ4v) is 1.43. The Bertz CT molecular complexity index is 419. The van der Waals surface area contributed by atoms with Gasteiger partial charge in [-0.15, -0.1) is 0 Å². The zero-order valence-electron chi connectivity index (χ0n) is 9.37. The molecule has 88 valence electrons. The average molecular weight is 244 g/mol. The summed E-state index contributed by atoms with van der Waals surface area (Å²) in [6.45, 7) is 5.47. The first-order valence-corrected chi connectivity index (χ1v) is 5.11. The van der Waals surface area contributed by atoms with Gasteiger partial charge in [0.15, 0.2) is 0 Å². The number of hydrogen-bond donors (Lipinski definition) is 2. The van der Waals surface area contributed by atoms with Crippen LogP contribution in [-0.4, -0.2) is 10.6 Å². The van der Waals surface area contributed by atoms with E-state index in [0.29, 0.717) is 0 Å². The van der Waals surface area contributed by atoms with Crippen molar-refractivity contribution in [2.45, 2.75) is 20.8 Å². The number of nitrogen functional groups attached to an aromatic ring is 1. The van der Waals surface area contributed by atoms with Gasteiger partial charge in [-0.2, -0.15) is 0 Å². The fraction of sp³-hybridized carbons (Fsp3) is 0.300. The van der Waals surface area contributed by atoms with Crippen molar-refractivity contribution in [1.82, 2.24) is 0 Å². The number of hydrogen-bond acceptors (Lipinski definition) is 4. The average Bonchev–Trinajstić information content (AvgIpc) is 2.19. The minimum Gasteiger partial charge on any atom is -0.393 e. The van der Waals surface area contributed by atoms with E-state index in [-0.39, 0.29) is 27.7 Å². The number of nitrogens with zero attached hydrogens (tertiary/aromatic N) is 1. The maximum absolute atomic E-state index is 10.5. The standard InChI is InChI=1S/C8H8ClN3O2.C2H6/c1-4(10)7-5(9)2-3-6(8(7)11)12(13)14;1-2/h2-3,10H,11H2,1H3;1-2H3. The molecular weight excluding hydrogens is 230 g/mol. The van der Waals surface area contributed by atoms with Crippen LogP contribution in [-0.2, 0) is 0 Å². The van der Waals surface area contributed by atoms with Crippen molar-refractivity contribution in [3.63, 3.8) is 0 Å². The van der Waals surface area contributed by atoms with Gasteiger partial charge in [-0.1, -0.05) is 25.4 Å². The van der Waals surface area contributed by atoms with Crippen LogP contribution in [0.15, 0.2) is 12.1 Å². The van der Waals surface area contributed by atoms with Crippen LogP contribution in [0.3, 0.4) is 0 Å². The molecule has 5 nitrogen and oxygen atoms in total. The SMILES string of the molecule is CC.CC(=N)c1c(Cl)ccc([N+](=O)[O-])c1N.